The number of nitrogens with zero attached hydrogens (tertiary/aromatic N) is 1. The van der Waals surface area contributed by atoms with Crippen LogP contribution < -0.4 is 15.4 Å². The van der Waals surface area contributed by atoms with Crippen molar-refractivity contribution < 1.29 is 14.3 Å². The van der Waals surface area contributed by atoms with Crippen molar-refractivity contribution >= 4 is 97.1 Å². The number of alkyl halides is 2. The smallest absolute Gasteiger partial charge is 0.257 e. The van der Waals surface area contributed by atoms with Crippen LogP contribution in [0.25, 0.3) is 0 Å². The van der Waals surface area contributed by atoms with Gasteiger partial charge in [-0.25, -0.2) is 4.98 Å². The van der Waals surface area contributed by atoms with Crippen molar-refractivity contribution in [3.8, 4) is 5.88 Å². The van der Waals surface area contributed by atoms with Gasteiger partial charge in [0.05, 0.1) is 33.8 Å². The number of ether oxygens (including phenoxy) is 1. The Morgan fingerprint density at radius 1 is 1.03 bits per heavy atom. The van der Waals surface area contributed by atoms with Crippen LogP contribution >= 0.6 is 73.9 Å². The number of rotatable bonds is 6. The van der Waals surface area contributed by atoms with Crippen LogP contribution in [0.1, 0.15) is 21.8 Å². The van der Waals surface area contributed by atoms with E-state index in [2.05, 4.69) is 31.5 Å². The zero-order chi connectivity index (χ0) is 25.5. The maximum absolute atomic E-state index is 13.0. The molecule has 12 heteroatoms. The summed E-state index contributed by atoms with van der Waals surface area (Å²) in [6, 6.07) is 11.0. The van der Waals surface area contributed by atoms with E-state index in [9.17, 15) is 9.59 Å². The van der Waals surface area contributed by atoms with Crippen molar-refractivity contribution in [2.75, 3.05) is 17.7 Å². The van der Waals surface area contributed by atoms with Crippen LogP contribution in [-0.2, 0) is 4.79 Å². The number of pyridine rings is 1. The monoisotopic (exact) mass is 635 g/mol. The summed E-state index contributed by atoms with van der Waals surface area (Å²) in [4.78, 5) is 30.0. The Morgan fingerprint density at radius 3 is 2.37 bits per heavy atom. The number of carbonyl (C=O) groups is 2. The van der Waals surface area contributed by atoms with Crippen LogP contribution in [0.4, 0.5) is 11.4 Å². The molecule has 4 rings (SSSR count). The summed E-state index contributed by atoms with van der Waals surface area (Å²) in [6.07, 6.45) is 1.50. The molecule has 2 amide bonds. The highest BCUT2D eigenvalue weighted by atomic mass is 79.9. The SMILES string of the molecule is COc1cc(NC(=O)c2cc(NC(=O)[C@H]3[C@H](c4cc(Cl)cc(Cl)c4)C3(Cl)Cl)ccc2Cl)c(Br)cn1. The Morgan fingerprint density at radius 2 is 1.71 bits per heavy atom. The van der Waals surface area contributed by atoms with E-state index in [4.69, 9.17) is 62.7 Å². The first-order valence-electron chi connectivity index (χ1n) is 9.96. The summed E-state index contributed by atoms with van der Waals surface area (Å²) in [5.41, 5.74) is 1.57. The Labute approximate surface area is 234 Å². The topological polar surface area (TPSA) is 80.3 Å². The number of hydrogen-bond acceptors (Lipinski definition) is 4. The number of anilines is 2. The van der Waals surface area contributed by atoms with Gasteiger partial charge in [0.15, 0.2) is 0 Å². The summed E-state index contributed by atoms with van der Waals surface area (Å²) in [5.74, 6) is -1.86. The van der Waals surface area contributed by atoms with Crippen molar-refractivity contribution in [3.05, 3.63) is 79.3 Å². The second-order valence-corrected chi connectivity index (χ2v) is 11.3. The molecule has 0 unspecified atom stereocenters. The van der Waals surface area contributed by atoms with E-state index < -0.39 is 28.0 Å². The first kappa shape index (κ1) is 26.3. The third-order valence-electron chi connectivity index (χ3n) is 5.35. The Hall–Kier alpha value is -1.74. The number of benzene rings is 2. The number of nitrogens with one attached hydrogen (secondary N) is 2. The predicted molar refractivity (Wildman–Crippen MR) is 144 cm³/mol. The minimum atomic E-state index is -1.34. The number of halogens is 6. The molecule has 2 aromatic carbocycles. The van der Waals surface area contributed by atoms with Crippen LogP contribution in [0.3, 0.4) is 0 Å². The summed E-state index contributed by atoms with van der Waals surface area (Å²) in [6.45, 7) is 0. The number of carbonyl (C=O) groups excluding carboxylic acids is 2. The molecule has 182 valence electrons. The molecular formula is C23H15BrCl5N3O3. The van der Waals surface area contributed by atoms with Crippen molar-refractivity contribution in [3.63, 3.8) is 0 Å². The van der Waals surface area contributed by atoms with E-state index >= 15 is 0 Å². The standard InChI is InChI=1S/C23H15BrCl5N3O3/c1-35-18-8-17(15(24)9-30-18)32-21(33)14-7-13(2-3-16(14)27)31-22(34)20-19(23(20,28)29)10-4-11(25)6-12(26)5-10/h2-9,19-20H,1H3,(H,31,34)(H,30,32,33)/t19-,20+/m0/s1. The lowest BCUT2D eigenvalue weighted by atomic mass is 10.1. The second-order valence-electron chi connectivity index (χ2n) is 7.68. The van der Waals surface area contributed by atoms with Gasteiger partial charge in [-0.3, -0.25) is 9.59 Å². The summed E-state index contributed by atoms with van der Waals surface area (Å²) in [5, 5.41) is 6.51. The van der Waals surface area contributed by atoms with Gasteiger partial charge in [0.2, 0.25) is 11.8 Å². The van der Waals surface area contributed by atoms with Gasteiger partial charge in [-0.05, 0) is 57.9 Å². The zero-order valence-electron chi connectivity index (χ0n) is 17.7. The van der Waals surface area contributed by atoms with Gasteiger partial charge in [-0.2, -0.15) is 0 Å². The molecule has 0 radical (unpaired) electrons. The molecule has 1 heterocycles. The fourth-order valence-corrected chi connectivity index (χ4v) is 5.53. The fourth-order valence-electron chi connectivity index (χ4n) is 3.64. The predicted octanol–water partition coefficient (Wildman–Crippen LogP) is 7.59. The normalized spacial score (nSPS) is 18.0. The molecule has 0 aliphatic heterocycles. The van der Waals surface area contributed by atoms with Gasteiger partial charge >= 0.3 is 0 Å². The Bertz CT molecular complexity index is 1320. The molecule has 2 atom stereocenters. The van der Waals surface area contributed by atoms with E-state index in [1.54, 1.807) is 30.3 Å². The third-order valence-corrected chi connectivity index (χ3v) is 7.68. The third kappa shape index (κ3) is 5.66. The van der Waals surface area contributed by atoms with E-state index in [1.807, 2.05) is 0 Å². The number of amides is 2. The average Bonchev–Trinajstić information content (AvgIpc) is 3.38. The number of methoxy groups -OCH3 is 1. The average molecular weight is 639 g/mol. The van der Waals surface area contributed by atoms with Crippen molar-refractivity contribution in [1.82, 2.24) is 4.98 Å². The molecule has 1 saturated carbocycles. The summed E-state index contributed by atoms with van der Waals surface area (Å²) < 4.78 is 4.30. The van der Waals surface area contributed by atoms with E-state index in [0.717, 1.165) is 0 Å². The summed E-state index contributed by atoms with van der Waals surface area (Å²) in [7, 11) is 1.46. The largest absolute Gasteiger partial charge is 0.481 e. The van der Waals surface area contributed by atoms with Gasteiger partial charge < -0.3 is 15.4 Å². The maximum atomic E-state index is 13.0. The molecule has 1 aromatic heterocycles. The minimum Gasteiger partial charge on any atom is -0.481 e. The lowest BCUT2D eigenvalue weighted by molar-refractivity contribution is -0.117. The van der Waals surface area contributed by atoms with Crippen LogP contribution in [-0.4, -0.2) is 28.2 Å². The highest BCUT2D eigenvalue weighted by Gasteiger charge is 2.67. The second kappa shape index (κ2) is 10.3. The van der Waals surface area contributed by atoms with Crippen LogP contribution in [0.5, 0.6) is 5.88 Å². The highest BCUT2D eigenvalue weighted by molar-refractivity contribution is 9.10. The van der Waals surface area contributed by atoms with E-state index in [1.165, 1.54) is 25.4 Å². The van der Waals surface area contributed by atoms with Crippen molar-refractivity contribution in [2.45, 2.75) is 10.3 Å². The zero-order valence-corrected chi connectivity index (χ0v) is 23.1. The van der Waals surface area contributed by atoms with Gasteiger partial charge in [0.1, 0.15) is 4.33 Å². The highest BCUT2D eigenvalue weighted by Crippen LogP contribution is 2.65. The Kier molecular flexibility index (Phi) is 7.77. The molecule has 1 aliphatic rings. The molecule has 0 bridgehead atoms. The molecule has 2 N–H and O–H groups in total. The van der Waals surface area contributed by atoms with E-state index in [-0.39, 0.29) is 10.6 Å². The van der Waals surface area contributed by atoms with Gasteiger partial charge in [0.25, 0.3) is 5.91 Å². The fraction of sp³-hybridized carbons (Fsp3) is 0.174. The van der Waals surface area contributed by atoms with Crippen LogP contribution in [0, 0.1) is 5.92 Å². The van der Waals surface area contributed by atoms with Crippen LogP contribution in [0.2, 0.25) is 15.1 Å². The molecule has 35 heavy (non-hydrogen) atoms. The van der Waals surface area contributed by atoms with Gasteiger partial charge in [-0.15, -0.1) is 23.2 Å². The maximum Gasteiger partial charge on any atom is 0.257 e. The van der Waals surface area contributed by atoms with Crippen molar-refractivity contribution in [1.29, 1.82) is 0 Å². The molecule has 3 aromatic rings. The number of aromatic nitrogens is 1. The minimum absolute atomic E-state index is 0.143. The van der Waals surface area contributed by atoms with Crippen molar-refractivity contribution in [2.24, 2.45) is 5.92 Å². The van der Waals surface area contributed by atoms with Crippen LogP contribution in [0.15, 0.2) is 53.1 Å². The molecule has 6 nitrogen and oxygen atoms in total. The first-order chi connectivity index (χ1) is 16.5. The summed E-state index contributed by atoms with van der Waals surface area (Å²) >= 11 is 34.6. The van der Waals surface area contributed by atoms with Gasteiger partial charge in [-0.1, -0.05) is 34.8 Å². The van der Waals surface area contributed by atoms with Gasteiger partial charge in [0, 0.05) is 33.9 Å². The lowest BCUT2D eigenvalue weighted by Gasteiger charge is -2.12. The quantitative estimate of drug-likeness (QED) is 0.273. The number of hydrogen-bond donors (Lipinski definition) is 2. The lowest BCUT2D eigenvalue weighted by Crippen LogP contribution is -2.18. The molecule has 1 aliphatic carbocycles. The van der Waals surface area contributed by atoms with E-state index in [0.29, 0.717) is 37.3 Å². The Balaban J connectivity index is 1.52. The molecular weight excluding hydrogens is 623 g/mol. The molecule has 1 fully saturated rings. The first-order valence-corrected chi connectivity index (χ1v) is 12.6. The molecule has 0 spiro atoms. The molecule has 0 saturated heterocycles.